The van der Waals surface area contributed by atoms with E-state index in [0.29, 0.717) is 24.3 Å². The summed E-state index contributed by atoms with van der Waals surface area (Å²) in [6, 6.07) is 4.26. The van der Waals surface area contributed by atoms with E-state index in [4.69, 9.17) is 10.6 Å². The Morgan fingerprint density at radius 1 is 1.55 bits per heavy atom. The number of halogens is 1. The van der Waals surface area contributed by atoms with Gasteiger partial charge >= 0.3 is 0 Å². The van der Waals surface area contributed by atoms with E-state index in [1.165, 1.54) is 12.1 Å². The van der Waals surface area contributed by atoms with E-state index in [1.54, 1.807) is 6.07 Å². The summed E-state index contributed by atoms with van der Waals surface area (Å²) >= 11 is 0. The number of benzene rings is 1. The highest BCUT2D eigenvalue weighted by atomic mass is 19.1. The third-order valence-electron chi connectivity index (χ3n) is 3.34. The fourth-order valence-corrected chi connectivity index (χ4v) is 2.41. The molecule has 110 valence electrons. The van der Waals surface area contributed by atoms with Crippen molar-refractivity contribution in [3.63, 3.8) is 0 Å². The number of ether oxygens (including phenoxy) is 1. The third-order valence-corrected chi connectivity index (χ3v) is 3.34. The molecule has 1 aliphatic rings. The maximum Gasteiger partial charge on any atom is 0.265 e. The lowest BCUT2D eigenvalue weighted by molar-refractivity contribution is -0.0884. The van der Waals surface area contributed by atoms with Crippen LogP contribution in [0.3, 0.4) is 0 Å². The van der Waals surface area contributed by atoms with E-state index in [-0.39, 0.29) is 11.4 Å². The number of nitrogens with zero attached hydrogens (tertiary/aromatic N) is 1. The van der Waals surface area contributed by atoms with E-state index in [0.717, 1.165) is 13.1 Å². The van der Waals surface area contributed by atoms with Crippen LogP contribution in [0.5, 0.6) is 0 Å². The number of hydrazine groups is 1. The number of morpholine rings is 1. The molecule has 1 aliphatic heterocycles. The number of carbonyl (C=O) groups excluding carboxylic acids is 1. The van der Waals surface area contributed by atoms with Gasteiger partial charge in [-0.05, 0) is 32.0 Å². The molecule has 1 saturated heterocycles. The standard InChI is InChI=1S/C14H20FN3O2/c1-14(2)9-18(5-6-20-14)8-11-7-10(13(19)17-16)3-4-12(11)15/h3-4,7H,5-6,8-9,16H2,1-2H3,(H,17,19). The minimum absolute atomic E-state index is 0.235. The molecule has 1 aromatic carbocycles. The second kappa shape index (κ2) is 5.87. The van der Waals surface area contributed by atoms with Crippen LogP contribution in [0.15, 0.2) is 18.2 Å². The second-order valence-electron chi connectivity index (χ2n) is 5.60. The van der Waals surface area contributed by atoms with E-state index in [1.807, 2.05) is 19.3 Å². The highest BCUT2D eigenvalue weighted by molar-refractivity contribution is 5.93. The van der Waals surface area contributed by atoms with Crippen LogP contribution in [0.1, 0.15) is 29.8 Å². The first-order valence-corrected chi connectivity index (χ1v) is 6.57. The molecule has 1 aromatic rings. The van der Waals surface area contributed by atoms with Gasteiger partial charge in [-0.2, -0.15) is 0 Å². The van der Waals surface area contributed by atoms with Gasteiger partial charge in [0.15, 0.2) is 0 Å². The molecule has 0 aliphatic carbocycles. The molecular formula is C14H20FN3O2. The van der Waals surface area contributed by atoms with Crippen molar-refractivity contribution in [1.29, 1.82) is 0 Å². The Morgan fingerprint density at radius 3 is 2.95 bits per heavy atom. The quantitative estimate of drug-likeness (QED) is 0.493. The van der Waals surface area contributed by atoms with E-state index < -0.39 is 5.91 Å². The number of hydrogen-bond acceptors (Lipinski definition) is 4. The van der Waals surface area contributed by atoms with Gasteiger partial charge in [0.25, 0.3) is 5.91 Å². The van der Waals surface area contributed by atoms with E-state index >= 15 is 0 Å². The van der Waals surface area contributed by atoms with Crippen LogP contribution in [0, 0.1) is 5.82 Å². The summed E-state index contributed by atoms with van der Waals surface area (Å²) in [7, 11) is 0. The number of nitrogen functional groups attached to an aromatic ring is 1. The fourth-order valence-electron chi connectivity index (χ4n) is 2.41. The Kier molecular flexibility index (Phi) is 4.37. The zero-order chi connectivity index (χ0) is 14.8. The van der Waals surface area contributed by atoms with Gasteiger partial charge in [-0.25, -0.2) is 10.2 Å². The minimum atomic E-state index is -0.423. The molecule has 5 nitrogen and oxygen atoms in total. The van der Waals surface area contributed by atoms with Crippen LogP contribution >= 0.6 is 0 Å². The van der Waals surface area contributed by atoms with Gasteiger partial charge in [-0.15, -0.1) is 0 Å². The van der Waals surface area contributed by atoms with Crippen molar-refractivity contribution < 1.29 is 13.9 Å². The SMILES string of the molecule is CC1(C)CN(Cc2cc(C(=O)NN)ccc2F)CCO1. The number of carbonyl (C=O) groups is 1. The lowest BCUT2D eigenvalue weighted by Gasteiger charge is -2.38. The molecule has 0 aromatic heterocycles. The summed E-state index contributed by atoms with van der Waals surface area (Å²) < 4.78 is 19.5. The molecule has 1 fully saturated rings. The monoisotopic (exact) mass is 281 g/mol. The topological polar surface area (TPSA) is 67.6 Å². The van der Waals surface area contributed by atoms with Gasteiger partial charge in [0, 0.05) is 30.8 Å². The molecule has 1 amide bonds. The van der Waals surface area contributed by atoms with Gasteiger partial charge in [0.2, 0.25) is 0 Å². The lowest BCUT2D eigenvalue weighted by atomic mass is 10.1. The van der Waals surface area contributed by atoms with Crippen molar-refractivity contribution in [2.75, 3.05) is 19.7 Å². The molecular weight excluding hydrogens is 261 g/mol. The van der Waals surface area contributed by atoms with Crippen LogP contribution < -0.4 is 11.3 Å². The van der Waals surface area contributed by atoms with Gasteiger partial charge in [0.1, 0.15) is 5.82 Å². The number of rotatable bonds is 3. The molecule has 0 spiro atoms. The van der Waals surface area contributed by atoms with Crippen LogP contribution in [0.2, 0.25) is 0 Å². The largest absolute Gasteiger partial charge is 0.373 e. The zero-order valence-electron chi connectivity index (χ0n) is 11.8. The van der Waals surface area contributed by atoms with Crippen molar-refractivity contribution in [3.05, 3.63) is 35.1 Å². The van der Waals surface area contributed by atoms with E-state index in [2.05, 4.69) is 4.90 Å². The smallest absolute Gasteiger partial charge is 0.265 e. The summed E-state index contributed by atoms with van der Waals surface area (Å²) in [5, 5.41) is 0. The van der Waals surface area contributed by atoms with E-state index in [9.17, 15) is 9.18 Å². The first-order chi connectivity index (χ1) is 9.41. The highest BCUT2D eigenvalue weighted by Gasteiger charge is 2.27. The molecule has 0 radical (unpaired) electrons. The molecule has 1 heterocycles. The van der Waals surface area contributed by atoms with Crippen molar-refractivity contribution in [2.24, 2.45) is 5.84 Å². The molecule has 20 heavy (non-hydrogen) atoms. The zero-order valence-corrected chi connectivity index (χ0v) is 11.8. The van der Waals surface area contributed by atoms with Crippen LogP contribution in [0.25, 0.3) is 0 Å². The summed E-state index contributed by atoms with van der Waals surface area (Å²) in [6.45, 7) is 6.56. The molecule has 2 rings (SSSR count). The molecule has 0 saturated carbocycles. The second-order valence-corrected chi connectivity index (χ2v) is 5.60. The Bertz CT molecular complexity index is 505. The predicted molar refractivity (Wildman–Crippen MR) is 73.4 cm³/mol. The Hall–Kier alpha value is -1.50. The Balaban J connectivity index is 2.14. The summed E-state index contributed by atoms with van der Waals surface area (Å²) in [6.07, 6.45) is 0. The Labute approximate surface area is 117 Å². The molecule has 3 N–H and O–H groups in total. The molecule has 0 atom stereocenters. The predicted octanol–water partition coefficient (Wildman–Crippen LogP) is 1.04. The van der Waals surface area contributed by atoms with Gasteiger partial charge in [-0.3, -0.25) is 15.1 Å². The van der Waals surface area contributed by atoms with Gasteiger partial charge in [0.05, 0.1) is 12.2 Å². The van der Waals surface area contributed by atoms with Crippen molar-refractivity contribution in [1.82, 2.24) is 10.3 Å². The average molecular weight is 281 g/mol. The summed E-state index contributed by atoms with van der Waals surface area (Å²) in [5.74, 6) is 4.35. The summed E-state index contributed by atoms with van der Waals surface area (Å²) in [5.41, 5.74) is 2.66. The lowest BCUT2D eigenvalue weighted by Crippen LogP contribution is -2.47. The van der Waals surface area contributed by atoms with Gasteiger partial charge < -0.3 is 4.74 Å². The highest BCUT2D eigenvalue weighted by Crippen LogP contribution is 2.20. The maximum atomic E-state index is 13.9. The van der Waals surface area contributed by atoms with Crippen molar-refractivity contribution >= 4 is 5.91 Å². The first-order valence-electron chi connectivity index (χ1n) is 6.57. The molecule has 0 unspecified atom stereocenters. The molecule has 6 heteroatoms. The minimum Gasteiger partial charge on any atom is -0.373 e. The normalized spacial score (nSPS) is 18.8. The Morgan fingerprint density at radius 2 is 2.30 bits per heavy atom. The number of nitrogens with one attached hydrogen (secondary N) is 1. The summed E-state index contributed by atoms with van der Waals surface area (Å²) in [4.78, 5) is 13.6. The third kappa shape index (κ3) is 3.53. The van der Waals surface area contributed by atoms with Crippen LogP contribution in [0.4, 0.5) is 4.39 Å². The number of nitrogens with two attached hydrogens (primary N) is 1. The first kappa shape index (κ1) is 14.9. The van der Waals surface area contributed by atoms with Crippen LogP contribution in [-0.2, 0) is 11.3 Å². The number of hydrogen-bond donors (Lipinski definition) is 2. The van der Waals surface area contributed by atoms with Crippen molar-refractivity contribution in [3.8, 4) is 0 Å². The van der Waals surface area contributed by atoms with Crippen molar-refractivity contribution in [2.45, 2.75) is 26.0 Å². The average Bonchev–Trinajstić information content (AvgIpc) is 2.39. The maximum absolute atomic E-state index is 13.9. The van der Waals surface area contributed by atoms with Crippen LogP contribution in [-0.4, -0.2) is 36.1 Å². The molecule has 0 bridgehead atoms. The fraction of sp³-hybridized carbons (Fsp3) is 0.500. The number of amides is 1. The van der Waals surface area contributed by atoms with Gasteiger partial charge in [-0.1, -0.05) is 0 Å².